The van der Waals surface area contributed by atoms with Gasteiger partial charge in [0.05, 0.1) is 19.8 Å². The van der Waals surface area contributed by atoms with Crippen molar-refractivity contribution in [2.75, 3.05) is 26.4 Å². The van der Waals surface area contributed by atoms with Gasteiger partial charge in [-0.15, -0.1) is 0 Å². The number of esters is 2. The fraction of sp³-hybridized carbons (Fsp3) is 0.317. The van der Waals surface area contributed by atoms with Crippen molar-refractivity contribution in [3.8, 4) is 28.0 Å². The number of carbonyl (C=O) groups is 2. The molecule has 0 radical (unpaired) electrons. The Hall–Kier alpha value is -4.68. The van der Waals surface area contributed by atoms with Crippen LogP contribution in [0.2, 0.25) is 0 Å². The first-order valence-corrected chi connectivity index (χ1v) is 16.4. The molecule has 0 aliphatic rings. The number of ether oxygens (including phenoxy) is 3. The van der Waals surface area contributed by atoms with Gasteiger partial charge in [-0.1, -0.05) is 81.5 Å². The van der Waals surface area contributed by atoms with E-state index in [1.54, 1.807) is 13.8 Å². The van der Waals surface area contributed by atoms with Gasteiger partial charge in [0.2, 0.25) is 0 Å². The summed E-state index contributed by atoms with van der Waals surface area (Å²) in [7, 11) is 0. The van der Waals surface area contributed by atoms with Crippen LogP contribution in [0.3, 0.4) is 0 Å². The van der Waals surface area contributed by atoms with Crippen molar-refractivity contribution in [2.24, 2.45) is 0 Å². The second-order valence-corrected chi connectivity index (χ2v) is 12.0. The summed E-state index contributed by atoms with van der Waals surface area (Å²) in [6, 6.07) is 25.9. The number of benzene rings is 4. The van der Waals surface area contributed by atoms with Crippen LogP contribution in [0.5, 0.6) is 5.75 Å². The van der Waals surface area contributed by atoms with Crippen LogP contribution in [0.15, 0.2) is 97.1 Å². The summed E-state index contributed by atoms with van der Waals surface area (Å²) in [5, 5.41) is 11.8. The van der Waals surface area contributed by atoms with Gasteiger partial charge < -0.3 is 19.3 Å². The summed E-state index contributed by atoms with van der Waals surface area (Å²) in [6.45, 7) is 13.0. The highest BCUT2D eigenvalue weighted by atomic mass is 16.5. The first-order valence-electron chi connectivity index (χ1n) is 16.4. The molecule has 47 heavy (non-hydrogen) atoms. The third-order valence-corrected chi connectivity index (χ3v) is 8.02. The van der Waals surface area contributed by atoms with E-state index >= 15 is 0 Å². The van der Waals surface area contributed by atoms with Crippen LogP contribution in [-0.2, 0) is 38.3 Å². The molecule has 0 amide bonds. The minimum absolute atomic E-state index is 0.0936. The average molecular weight is 635 g/mol. The zero-order valence-electron chi connectivity index (χ0n) is 27.9. The van der Waals surface area contributed by atoms with Gasteiger partial charge in [-0.2, -0.15) is 0 Å². The first-order chi connectivity index (χ1) is 22.7. The van der Waals surface area contributed by atoms with Crippen molar-refractivity contribution in [1.29, 1.82) is 0 Å². The van der Waals surface area contributed by atoms with Gasteiger partial charge in [-0.3, -0.25) is 0 Å². The third kappa shape index (κ3) is 9.90. The van der Waals surface area contributed by atoms with Crippen LogP contribution in [0.1, 0.15) is 56.7 Å². The van der Waals surface area contributed by atoms with E-state index in [0.717, 1.165) is 39.4 Å². The molecule has 6 heteroatoms. The molecule has 4 aromatic rings. The van der Waals surface area contributed by atoms with Crippen LogP contribution < -0.4 is 4.74 Å². The molecule has 0 heterocycles. The molecule has 4 aromatic carbocycles. The third-order valence-electron chi connectivity index (χ3n) is 8.02. The Balaban J connectivity index is 1.65. The van der Waals surface area contributed by atoms with Crippen molar-refractivity contribution in [3.05, 3.63) is 114 Å². The fourth-order valence-electron chi connectivity index (χ4n) is 5.43. The molecule has 1 N–H and O–H groups in total. The maximum atomic E-state index is 12.1. The molecule has 4 rings (SSSR count). The lowest BCUT2D eigenvalue weighted by Crippen LogP contribution is -2.13. The molecular weight excluding hydrogens is 588 g/mol. The predicted molar refractivity (Wildman–Crippen MR) is 190 cm³/mol. The summed E-state index contributed by atoms with van der Waals surface area (Å²) >= 11 is 0. The number of unbranched alkanes of at least 4 members (excludes halogenated alkanes) is 2. The quantitative estimate of drug-likeness (QED) is 0.0712. The Morgan fingerprint density at radius 3 is 1.64 bits per heavy atom. The topological polar surface area (TPSA) is 82.1 Å². The molecule has 0 spiro atoms. The van der Waals surface area contributed by atoms with Crippen LogP contribution in [0, 0.1) is 0 Å². The van der Waals surface area contributed by atoms with Crippen molar-refractivity contribution in [2.45, 2.75) is 59.3 Å². The molecule has 0 atom stereocenters. The summed E-state index contributed by atoms with van der Waals surface area (Å²) in [4.78, 5) is 24.1. The molecule has 0 fully saturated rings. The van der Waals surface area contributed by atoms with Crippen molar-refractivity contribution in [3.63, 3.8) is 0 Å². The Labute approximate surface area is 278 Å². The average Bonchev–Trinajstić information content (AvgIpc) is 3.07. The number of aliphatic hydroxyl groups excluding tert-OH is 1. The van der Waals surface area contributed by atoms with Crippen LogP contribution in [-0.4, -0.2) is 43.5 Å². The largest absolute Gasteiger partial charge is 0.491 e. The van der Waals surface area contributed by atoms with E-state index < -0.39 is 11.9 Å². The van der Waals surface area contributed by atoms with E-state index in [9.17, 15) is 14.7 Å². The minimum atomic E-state index is -0.456. The van der Waals surface area contributed by atoms with Gasteiger partial charge >= 0.3 is 11.9 Å². The maximum absolute atomic E-state index is 12.1. The molecule has 0 bridgehead atoms. The smallest absolute Gasteiger partial charge is 0.333 e. The molecular formula is C41H46O6. The summed E-state index contributed by atoms with van der Waals surface area (Å²) < 4.78 is 16.8. The zero-order valence-corrected chi connectivity index (χ0v) is 27.9. The second-order valence-electron chi connectivity index (χ2n) is 12.0. The minimum Gasteiger partial charge on any atom is -0.491 e. The molecule has 0 saturated heterocycles. The maximum Gasteiger partial charge on any atom is 0.333 e. The lowest BCUT2D eigenvalue weighted by Gasteiger charge is -2.19. The van der Waals surface area contributed by atoms with Crippen molar-refractivity contribution >= 4 is 22.7 Å². The standard InChI is InChI=1S/C41H46O6/c1-6-7-8-9-30-10-12-31(13-11-30)32-14-15-34-25-35(17-16-33(34)24-32)38-26-36(18-21-46-40(43)28(2)3)39(45-23-20-42)37(27-38)19-22-47-41(44)29(4)5/h10-17,24-27,42H,2,4,6-9,18-23H2,1,3,5H3. The van der Waals surface area contributed by atoms with Gasteiger partial charge in [0.15, 0.2) is 0 Å². The zero-order chi connectivity index (χ0) is 33.8. The van der Waals surface area contributed by atoms with Gasteiger partial charge in [0, 0.05) is 24.0 Å². The number of carbonyl (C=O) groups excluding carboxylic acids is 2. The van der Waals surface area contributed by atoms with Gasteiger partial charge in [0.25, 0.3) is 0 Å². The van der Waals surface area contributed by atoms with Crippen LogP contribution in [0.4, 0.5) is 0 Å². The lowest BCUT2D eigenvalue weighted by atomic mass is 9.93. The number of aryl methyl sites for hydroxylation is 1. The molecule has 6 nitrogen and oxygen atoms in total. The Kier molecular flexibility index (Phi) is 12.9. The molecule has 0 aliphatic carbocycles. The van der Waals surface area contributed by atoms with E-state index in [-0.39, 0.29) is 26.4 Å². The van der Waals surface area contributed by atoms with E-state index in [1.165, 1.54) is 36.0 Å². The Morgan fingerprint density at radius 2 is 1.15 bits per heavy atom. The molecule has 0 aromatic heterocycles. The summed E-state index contributed by atoms with van der Waals surface area (Å²) in [5.41, 5.74) is 8.01. The highest BCUT2D eigenvalue weighted by Gasteiger charge is 2.16. The molecule has 0 aliphatic heterocycles. The number of hydrogen-bond acceptors (Lipinski definition) is 6. The van der Waals surface area contributed by atoms with E-state index in [1.807, 2.05) is 12.1 Å². The van der Waals surface area contributed by atoms with Gasteiger partial charge in [-0.05, 0) is 101 Å². The molecule has 246 valence electrons. The van der Waals surface area contributed by atoms with E-state index in [2.05, 4.69) is 80.7 Å². The second kappa shape index (κ2) is 17.3. The van der Waals surface area contributed by atoms with E-state index in [0.29, 0.717) is 29.7 Å². The lowest BCUT2D eigenvalue weighted by molar-refractivity contribution is -0.139. The monoisotopic (exact) mass is 634 g/mol. The number of aliphatic hydroxyl groups is 1. The predicted octanol–water partition coefficient (Wildman–Crippen LogP) is 8.60. The molecule has 0 saturated carbocycles. The van der Waals surface area contributed by atoms with Gasteiger partial charge in [0.1, 0.15) is 12.4 Å². The summed E-state index contributed by atoms with van der Waals surface area (Å²) in [6.07, 6.45) is 5.60. The summed E-state index contributed by atoms with van der Waals surface area (Å²) in [5.74, 6) is -0.326. The highest BCUT2D eigenvalue weighted by molar-refractivity contribution is 5.91. The normalized spacial score (nSPS) is 10.9. The van der Waals surface area contributed by atoms with Crippen LogP contribution in [0.25, 0.3) is 33.0 Å². The van der Waals surface area contributed by atoms with E-state index in [4.69, 9.17) is 14.2 Å². The molecule has 0 unspecified atom stereocenters. The number of rotatable bonds is 17. The number of hydrogen-bond donors (Lipinski definition) is 1. The first kappa shape index (κ1) is 35.2. The fourth-order valence-corrected chi connectivity index (χ4v) is 5.43. The Morgan fingerprint density at radius 1 is 0.638 bits per heavy atom. The number of fused-ring (bicyclic) bond motifs is 1. The Bertz CT molecular complexity index is 1660. The SMILES string of the molecule is C=C(C)C(=O)OCCc1cc(-c2ccc3cc(-c4ccc(CCCCC)cc4)ccc3c2)cc(CCOC(=O)C(=C)C)c1OCCO. The van der Waals surface area contributed by atoms with Crippen molar-refractivity contribution in [1.82, 2.24) is 0 Å². The van der Waals surface area contributed by atoms with Crippen LogP contribution >= 0.6 is 0 Å². The highest BCUT2D eigenvalue weighted by Crippen LogP contribution is 2.34. The van der Waals surface area contributed by atoms with Gasteiger partial charge in [-0.25, -0.2) is 9.59 Å². The van der Waals surface area contributed by atoms with Crippen molar-refractivity contribution < 1.29 is 28.9 Å².